The third-order valence-corrected chi connectivity index (χ3v) is 3.49. The molecule has 2 rings (SSSR count). The lowest BCUT2D eigenvalue weighted by atomic mass is 10.2. The van der Waals surface area contributed by atoms with Gasteiger partial charge in [-0.05, 0) is 42.8 Å². The molecule has 20 heavy (non-hydrogen) atoms. The van der Waals surface area contributed by atoms with Crippen LogP contribution in [-0.4, -0.2) is 12.0 Å². The topological polar surface area (TPSA) is 34.1 Å². The van der Waals surface area contributed by atoms with Crippen LogP contribution in [0, 0.1) is 0 Å². The van der Waals surface area contributed by atoms with Crippen molar-refractivity contribution in [3.05, 3.63) is 57.7 Å². The number of ether oxygens (including phenoxy) is 1. The van der Waals surface area contributed by atoms with Crippen LogP contribution >= 0.6 is 15.9 Å². The molecule has 0 aliphatic carbocycles. The van der Waals surface area contributed by atoms with E-state index >= 15 is 0 Å². The average Bonchev–Trinajstić information content (AvgIpc) is 2.47. The second kappa shape index (κ2) is 7.41. The number of hydrogen-bond acceptors (Lipinski definition) is 3. The SMILES string of the molecule is CCc1cc(CNC)cc(OCc2ccc(Br)cc2)n1. The number of pyridine rings is 1. The van der Waals surface area contributed by atoms with E-state index in [2.05, 4.69) is 39.2 Å². The summed E-state index contributed by atoms with van der Waals surface area (Å²) in [5.74, 6) is 0.692. The number of halogens is 1. The van der Waals surface area contributed by atoms with E-state index in [-0.39, 0.29) is 0 Å². The van der Waals surface area contributed by atoms with Gasteiger partial charge in [0.1, 0.15) is 6.61 Å². The van der Waals surface area contributed by atoms with Gasteiger partial charge in [0.05, 0.1) is 0 Å². The number of rotatable bonds is 6. The molecule has 4 heteroatoms. The van der Waals surface area contributed by atoms with E-state index in [0.717, 1.165) is 28.7 Å². The highest BCUT2D eigenvalue weighted by Crippen LogP contribution is 2.16. The third kappa shape index (κ3) is 4.32. The Kier molecular flexibility index (Phi) is 5.56. The highest BCUT2D eigenvalue weighted by Gasteiger charge is 2.03. The molecule has 1 heterocycles. The van der Waals surface area contributed by atoms with Gasteiger partial charge in [-0.2, -0.15) is 0 Å². The summed E-state index contributed by atoms with van der Waals surface area (Å²) >= 11 is 3.43. The van der Waals surface area contributed by atoms with Crippen molar-refractivity contribution in [2.75, 3.05) is 7.05 Å². The van der Waals surface area contributed by atoms with Crippen molar-refractivity contribution in [2.24, 2.45) is 0 Å². The zero-order valence-corrected chi connectivity index (χ0v) is 13.4. The van der Waals surface area contributed by atoms with Gasteiger partial charge >= 0.3 is 0 Å². The number of nitrogens with one attached hydrogen (secondary N) is 1. The largest absolute Gasteiger partial charge is 0.473 e. The van der Waals surface area contributed by atoms with Gasteiger partial charge in [0.15, 0.2) is 0 Å². The van der Waals surface area contributed by atoms with Crippen LogP contribution in [0.15, 0.2) is 40.9 Å². The monoisotopic (exact) mass is 334 g/mol. The van der Waals surface area contributed by atoms with E-state index < -0.39 is 0 Å². The van der Waals surface area contributed by atoms with Crippen molar-refractivity contribution in [1.82, 2.24) is 10.3 Å². The summed E-state index contributed by atoms with van der Waals surface area (Å²) in [4.78, 5) is 4.51. The molecule has 106 valence electrons. The highest BCUT2D eigenvalue weighted by atomic mass is 79.9. The molecule has 1 aromatic carbocycles. The Morgan fingerprint density at radius 1 is 1.15 bits per heavy atom. The fourth-order valence-corrected chi connectivity index (χ4v) is 2.18. The van der Waals surface area contributed by atoms with Gasteiger partial charge in [-0.3, -0.25) is 0 Å². The molecule has 0 bridgehead atoms. The van der Waals surface area contributed by atoms with Gasteiger partial charge in [-0.1, -0.05) is 35.0 Å². The lowest BCUT2D eigenvalue weighted by molar-refractivity contribution is 0.292. The molecule has 0 atom stereocenters. The van der Waals surface area contributed by atoms with Gasteiger partial charge in [-0.25, -0.2) is 4.98 Å². The van der Waals surface area contributed by atoms with Crippen LogP contribution in [0.4, 0.5) is 0 Å². The first kappa shape index (κ1) is 15.0. The first-order chi connectivity index (χ1) is 9.71. The molecule has 0 spiro atoms. The Morgan fingerprint density at radius 2 is 1.90 bits per heavy atom. The molecule has 0 unspecified atom stereocenters. The second-order valence-corrected chi connectivity index (χ2v) is 5.52. The van der Waals surface area contributed by atoms with Crippen LogP contribution in [0.5, 0.6) is 5.88 Å². The van der Waals surface area contributed by atoms with Crippen molar-refractivity contribution in [2.45, 2.75) is 26.5 Å². The van der Waals surface area contributed by atoms with Gasteiger partial charge in [0, 0.05) is 22.8 Å². The number of benzene rings is 1. The summed E-state index contributed by atoms with van der Waals surface area (Å²) in [7, 11) is 1.94. The molecular formula is C16H19BrN2O. The van der Waals surface area contributed by atoms with Crippen molar-refractivity contribution in [1.29, 1.82) is 0 Å². The summed E-state index contributed by atoms with van der Waals surface area (Å²) in [6.45, 7) is 3.46. The number of aryl methyl sites for hydroxylation is 1. The molecule has 0 amide bonds. The molecule has 0 saturated carbocycles. The van der Waals surface area contributed by atoms with E-state index in [1.807, 2.05) is 37.4 Å². The highest BCUT2D eigenvalue weighted by molar-refractivity contribution is 9.10. The Balaban J connectivity index is 2.07. The smallest absolute Gasteiger partial charge is 0.214 e. The molecule has 0 aliphatic heterocycles. The minimum Gasteiger partial charge on any atom is -0.473 e. The maximum absolute atomic E-state index is 5.81. The van der Waals surface area contributed by atoms with Crippen molar-refractivity contribution >= 4 is 15.9 Å². The van der Waals surface area contributed by atoms with Crippen LogP contribution in [0.1, 0.15) is 23.7 Å². The molecule has 1 N–H and O–H groups in total. The van der Waals surface area contributed by atoms with E-state index in [0.29, 0.717) is 12.5 Å². The van der Waals surface area contributed by atoms with Gasteiger partial charge in [-0.15, -0.1) is 0 Å². The van der Waals surface area contributed by atoms with E-state index in [9.17, 15) is 0 Å². The van der Waals surface area contributed by atoms with Gasteiger partial charge in [0.2, 0.25) is 5.88 Å². The van der Waals surface area contributed by atoms with Crippen LogP contribution in [-0.2, 0) is 19.6 Å². The van der Waals surface area contributed by atoms with Crippen LogP contribution in [0.2, 0.25) is 0 Å². The summed E-state index contributed by atoms with van der Waals surface area (Å²) in [5.41, 5.74) is 3.39. The normalized spacial score (nSPS) is 10.6. The van der Waals surface area contributed by atoms with Gasteiger partial charge in [0.25, 0.3) is 0 Å². The third-order valence-electron chi connectivity index (χ3n) is 2.96. The predicted octanol–water partition coefficient (Wildman–Crippen LogP) is 3.70. The lowest BCUT2D eigenvalue weighted by Gasteiger charge is -2.09. The fraction of sp³-hybridized carbons (Fsp3) is 0.312. The number of nitrogens with zero attached hydrogens (tertiary/aromatic N) is 1. The maximum atomic E-state index is 5.81. The molecule has 3 nitrogen and oxygen atoms in total. The quantitative estimate of drug-likeness (QED) is 0.874. The molecule has 0 fully saturated rings. The summed E-state index contributed by atoms with van der Waals surface area (Å²) in [6, 6.07) is 12.2. The predicted molar refractivity (Wildman–Crippen MR) is 84.9 cm³/mol. The molecule has 2 aromatic rings. The average molecular weight is 335 g/mol. The fourth-order valence-electron chi connectivity index (χ4n) is 1.92. The number of hydrogen-bond donors (Lipinski definition) is 1. The lowest BCUT2D eigenvalue weighted by Crippen LogP contribution is -2.07. The van der Waals surface area contributed by atoms with E-state index in [1.54, 1.807) is 0 Å². The van der Waals surface area contributed by atoms with Crippen LogP contribution in [0.25, 0.3) is 0 Å². The van der Waals surface area contributed by atoms with Crippen molar-refractivity contribution < 1.29 is 4.74 Å². The van der Waals surface area contributed by atoms with E-state index in [4.69, 9.17) is 4.74 Å². The molecule has 1 aromatic heterocycles. The zero-order chi connectivity index (χ0) is 14.4. The summed E-state index contributed by atoms with van der Waals surface area (Å²) in [5, 5.41) is 3.15. The van der Waals surface area contributed by atoms with Crippen molar-refractivity contribution in [3.8, 4) is 5.88 Å². The first-order valence-corrected chi connectivity index (χ1v) is 7.52. The Labute approximate surface area is 128 Å². The zero-order valence-electron chi connectivity index (χ0n) is 11.8. The second-order valence-electron chi connectivity index (χ2n) is 4.60. The minimum atomic E-state index is 0.534. The van der Waals surface area contributed by atoms with Crippen LogP contribution < -0.4 is 10.1 Å². The summed E-state index contributed by atoms with van der Waals surface area (Å²) < 4.78 is 6.88. The Bertz CT molecular complexity index is 555. The molecule has 0 saturated heterocycles. The maximum Gasteiger partial charge on any atom is 0.214 e. The first-order valence-electron chi connectivity index (χ1n) is 6.73. The summed E-state index contributed by atoms with van der Waals surface area (Å²) in [6.07, 6.45) is 0.909. The van der Waals surface area contributed by atoms with E-state index in [1.165, 1.54) is 5.56 Å². The Morgan fingerprint density at radius 3 is 2.55 bits per heavy atom. The minimum absolute atomic E-state index is 0.534. The molecular weight excluding hydrogens is 316 g/mol. The number of aromatic nitrogens is 1. The molecule has 0 radical (unpaired) electrons. The Hall–Kier alpha value is -1.39. The van der Waals surface area contributed by atoms with Crippen LogP contribution in [0.3, 0.4) is 0 Å². The standard InChI is InChI=1S/C16H19BrN2O/c1-3-15-8-13(10-18-2)9-16(19-15)20-11-12-4-6-14(17)7-5-12/h4-9,18H,3,10-11H2,1-2H3. The van der Waals surface area contributed by atoms with Crippen molar-refractivity contribution in [3.63, 3.8) is 0 Å². The van der Waals surface area contributed by atoms with Gasteiger partial charge < -0.3 is 10.1 Å². The molecule has 0 aliphatic rings.